The van der Waals surface area contributed by atoms with Gasteiger partial charge in [-0.1, -0.05) is 18.2 Å². The van der Waals surface area contributed by atoms with Crippen LogP contribution in [0, 0.1) is 0 Å². The first-order chi connectivity index (χ1) is 10.1. The number of carbonyl (C=O) groups is 2. The van der Waals surface area contributed by atoms with Crippen molar-refractivity contribution in [1.29, 1.82) is 0 Å². The highest BCUT2D eigenvalue weighted by molar-refractivity contribution is 9.10. The molecule has 0 saturated carbocycles. The van der Waals surface area contributed by atoms with Crippen LogP contribution in [0.1, 0.15) is 15.9 Å². The molecular weight excluding hydrogens is 338 g/mol. The van der Waals surface area contributed by atoms with Crippen molar-refractivity contribution in [3.05, 3.63) is 58.3 Å². The molecule has 0 aliphatic heterocycles. The Bertz CT molecular complexity index is 672. The summed E-state index contributed by atoms with van der Waals surface area (Å²) in [5.41, 5.74) is 0.901. The maximum Gasteiger partial charge on any atom is 0.345 e. The fourth-order valence-electron chi connectivity index (χ4n) is 1.66. The van der Waals surface area contributed by atoms with E-state index >= 15 is 0 Å². The van der Waals surface area contributed by atoms with Crippen LogP contribution in [0.3, 0.4) is 0 Å². The minimum absolute atomic E-state index is 0.0384. The molecule has 21 heavy (non-hydrogen) atoms. The Balaban J connectivity index is 2.19. The van der Waals surface area contributed by atoms with E-state index < -0.39 is 11.9 Å². The molecule has 0 aliphatic rings. The lowest BCUT2D eigenvalue weighted by molar-refractivity contribution is -0.139. The van der Waals surface area contributed by atoms with E-state index in [1.165, 1.54) is 13.3 Å². The number of hydrogen-bond acceptors (Lipinski definition) is 5. The number of hydrogen-bond donors (Lipinski definition) is 0. The monoisotopic (exact) mass is 349 g/mol. The maximum atomic E-state index is 12.1. The zero-order chi connectivity index (χ0) is 15.2. The Hall–Kier alpha value is -2.21. The molecule has 6 heteroatoms. The first-order valence-electron chi connectivity index (χ1n) is 6.07. The Labute approximate surface area is 130 Å². The van der Waals surface area contributed by atoms with E-state index in [4.69, 9.17) is 4.74 Å². The number of rotatable bonds is 4. The van der Waals surface area contributed by atoms with E-state index in [2.05, 4.69) is 25.7 Å². The molecule has 108 valence electrons. The molecule has 0 saturated heterocycles. The van der Waals surface area contributed by atoms with Crippen molar-refractivity contribution < 1.29 is 19.1 Å². The van der Waals surface area contributed by atoms with E-state index in [0.717, 1.165) is 0 Å². The summed E-state index contributed by atoms with van der Waals surface area (Å²) in [6.07, 6.45) is 3.02. The van der Waals surface area contributed by atoms with Crippen LogP contribution in [0.4, 0.5) is 0 Å². The standard InChI is InChI=1S/C15H12BrNO4/c1-20-14(18)7-10-4-2-3-5-13(10)21-15(19)11-6-12(16)9-17-8-11/h2-6,8-9H,7H2,1H3. The largest absolute Gasteiger partial charge is 0.469 e. The van der Waals surface area contributed by atoms with Crippen molar-refractivity contribution in [3.63, 3.8) is 0 Å². The highest BCUT2D eigenvalue weighted by atomic mass is 79.9. The molecule has 0 amide bonds. The second-order valence-corrected chi connectivity index (χ2v) is 5.06. The zero-order valence-electron chi connectivity index (χ0n) is 11.2. The van der Waals surface area contributed by atoms with Crippen LogP contribution in [0.2, 0.25) is 0 Å². The average molecular weight is 350 g/mol. The van der Waals surface area contributed by atoms with Gasteiger partial charge >= 0.3 is 11.9 Å². The first-order valence-corrected chi connectivity index (χ1v) is 6.87. The smallest absolute Gasteiger partial charge is 0.345 e. The summed E-state index contributed by atoms with van der Waals surface area (Å²) in [5, 5.41) is 0. The van der Waals surface area contributed by atoms with Crippen molar-refractivity contribution in [3.8, 4) is 5.75 Å². The number of pyridine rings is 1. The SMILES string of the molecule is COC(=O)Cc1ccccc1OC(=O)c1cncc(Br)c1. The number of halogens is 1. The van der Waals surface area contributed by atoms with Crippen LogP contribution in [-0.2, 0) is 16.0 Å². The number of esters is 2. The van der Waals surface area contributed by atoms with Gasteiger partial charge in [0.1, 0.15) is 5.75 Å². The molecule has 0 radical (unpaired) electrons. The van der Waals surface area contributed by atoms with Crippen LogP contribution >= 0.6 is 15.9 Å². The van der Waals surface area contributed by atoms with Crippen LogP contribution in [0.25, 0.3) is 0 Å². The van der Waals surface area contributed by atoms with Gasteiger partial charge in [-0.2, -0.15) is 0 Å². The van der Waals surface area contributed by atoms with Crippen molar-refractivity contribution in [2.75, 3.05) is 7.11 Å². The minimum Gasteiger partial charge on any atom is -0.469 e. The van der Waals surface area contributed by atoms with Gasteiger partial charge < -0.3 is 9.47 Å². The van der Waals surface area contributed by atoms with Gasteiger partial charge in [0.2, 0.25) is 0 Å². The van der Waals surface area contributed by atoms with Crippen LogP contribution < -0.4 is 4.74 Å². The molecule has 0 atom stereocenters. The molecule has 0 N–H and O–H groups in total. The van der Waals surface area contributed by atoms with Gasteiger partial charge in [-0.05, 0) is 28.1 Å². The number of benzene rings is 1. The van der Waals surface area contributed by atoms with E-state index in [1.54, 1.807) is 36.5 Å². The summed E-state index contributed by atoms with van der Waals surface area (Å²) >= 11 is 3.24. The Morgan fingerprint density at radius 1 is 1.24 bits per heavy atom. The summed E-state index contributed by atoms with van der Waals surface area (Å²) in [6, 6.07) is 8.43. The quantitative estimate of drug-likeness (QED) is 0.627. The van der Waals surface area contributed by atoms with Crippen molar-refractivity contribution >= 4 is 27.9 Å². The fourth-order valence-corrected chi connectivity index (χ4v) is 2.02. The molecular formula is C15H12BrNO4. The summed E-state index contributed by atoms with van der Waals surface area (Å²) in [6.45, 7) is 0. The molecule has 0 aliphatic carbocycles. The van der Waals surface area contributed by atoms with Gasteiger partial charge in [-0.15, -0.1) is 0 Å². The normalized spacial score (nSPS) is 10.0. The van der Waals surface area contributed by atoms with Gasteiger partial charge in [0.05, 0.1) is 19.1 Å². The lowest BCUT2D eigenvalue weighted by Gasteiger charge is -2.09. The molecule has 0 spiro atoms. The van der Waals surface area contributed by atoms with E-state index in [1.807, 2.05) is 0 Å². The number of para-hydroxylation sites is 1. The molecule has 0 unspecified atom stereocenters. The number of carbonyl (C=O) groups excluding carboxylic acids is 2. The van der Waals surface area contributed by atoms with Crippen molar-refractivity contribution in [1.82, 2.24) is 4.98 Å². The lowest BCUT2D eigenvalue weighted by Crippen LogP contribution is -2.12. The summed E-state index contributed by atoms with van der Waals surface area (Å²) in [7, 11) is 1.31. The molecule has 0 bridgehead atoms. The average Bonchev–Trinajstić information content (AvgIpc) is 2.49. The van der Waals surface area contributed by atoms with Gasteiger partial charge in [0, 0.05) is 22.4 Å². The predicted molar refractivity (Wildman–Crippen MR) is 79.1 cm³/mol. The summed E-state index contributed by atoms with van der Waals surface area (Å²) < 4.78 is 10.6. The molecule has 1 aromatic heterocycles. The molecule has 5 nitrogen and oxygen atoms in total. The highest BCUT2D eigenvalue weighted by Gasteiger charge is 2.14. The fraction of sp³-hybridized carbons (Fsp3) is 0.133. The van der Waals surface area contributed by atoms with Crippen molar-refractivity contribution in [2.24, 2.45) is 0 Å². The van der Waals surface area contributed by atoms with Crippen molar-refractivity contribution in [2.45, 2.75) is 6.42 Å². The summed E-state index contributed by atoms with van der Waals surface area (Å²) in [4.78, 5) is 27.3. The molecule has 0 fully saturated rings. The van der Waals surface area contributed by atoms with E-state index in [-0.39, 0.29) is 6.42 Å². The third-order valence-corrected chi connectivity index (χ3v) is 3.11. The maximum absolute atomic E-state index is 12.1. The van der Waals surface area contributed by atoms with Gasteiger partial charge in [0.25, 0.3) is 0 Å². The third-order valence-electron chi connectivity index (χ3n) is 2.68. The lowest BCUT2D eigenvalue weighted by atomic mass is 10.1. The van der Waals surface area contributed by atoms with Crippen LogP contribution in [0.5, 0.6) is 5.75 Å². The Morgan fingerprint density at radius 3 is 2.71 bits per heavy atom. The number of methoxy groups -OCH3 is 1. The minimum atomic E-state index is -0.541. The van der Waals surface area contributed by atoms with Gasteiger partial charge in [-0.3, -0.25) is 9.78 Å². The second-order valence-electron chi connectivity index (χ2n) is 4.14. The number of ether oxygens (including phenoxy) is 2. The zero-order valence-corrected chi connectivity index (χ0v) is 12.8. The van der Waals surface area contributed by atoms with E-state index in [9.17, 15) is 9.59 Å². The number of aromatic nitrogens is 1. The molecule has 1 heterocycles. The third kappa shape index (κ3) is 4.13. The van der Waals surface area contributed by atoms with Gasteiger partial charge in [0.15, 0.2) is 0 Å². The number of nitrogens with zero attached hydrogens (tertiary/aromatic N) is 1. The highest BCUT2D eigenvalue weighted by Crippen LogP contribution is 2.21. The van der Waals surface area contributed by atoms with Crippen LogP contribution in [-0.4, -0.2) is 24.0 Å². The van der Waals surface area contributed by atoms with Gasteiger partial charge in [-0.25, -0.2) is 4.79 Å². The second kappa shape index (κ2) is 6.99. The Kier molecular flexibility index (Phi) is 5.05. The molecule has 2 aromatic rings. The van der Waals surface area contributed by atoms with E-state index in [0.29, 0.717) is 21.3 Å². The topological polar surface area (TPSA) is 65.5 Å². The molecule has 1 aromatic carbocycles. The molecule has 2 rings (SSSR count). The summed E-state index contributed by atoms with van der Waals surface area (Å²) in [5.74, 6) is -0.614. The Morgan fingerprint density at radius 2 is 2.00 bits per heavy atom. The predicted octanol–water partition coefficient (Wildman–Crippen LogP) is 2.78. The van der Waals surface area contributed by atoms with Crippen LogP contribution in [0.15, 0.2) is 47.2 Å². The first kappa shape index (κ1) is 15.2.